The molecule has 8 heteroatoms. The number of aryl methyl sites for hydroxylation is 1. The number of thiophene rings is 1. The second-order valence-corrected chi connectivity index (χ2v) is 9.29. The number of carboxylic acids is 1. The van der Waals surface area contributed by atoms with Crippen LogP contribution >= 0.6 is 11.3 Å². The monoisotopic (exact) mass is 533 g/mol. The normalized spacial score (nSPS) is 11.5. The van der Waals surface area contributed by atoms with E-state index < -0.39 is 12.1 Å². The topological polar surface area (TPSA) is 109 Å². The molecule has 1 atom stereocenters. The number of carboxylic acid groups (broad SMARTS) is 1. The summed E-state index contributed by atoms with van der Waals surface area (Å²) in [6, 6.07) is 25.2. The first-order chi connectivity index (χ1) is 18.1. The molecule has 0 saturated heterocycles. The minimum atomic E-state index is -0.869. The van der Waals surface area contributed by atoms with Crippen LogP contribution < -0.4 is 9.47 Å². The van der Waals surface area contributed by atoms with Crippen LogP contribution in [-0.2, 0) is 22.8 Å². The lowest BCUT2D eigenvalue weighted by Crippen LogP contribution is -2.12. The number of ether oxygens (including phenoxy) is 2. The van der Waals surface area contributed by atoms with Gasteiger partial charge in [-0.3, -0.25) is 4.79 Å². The number of aliphatic carboxylic acids is 1. The van der Waals surface area contributed by atoms with Crippen molar-refractivity contribution in [3.63, 3.8) is 0 Å². The quantitative estimate of drug-likeness (QED) is 0.159. The minimum Gasteiger partial charge on any atom is -0.489 e. The summed E-state index contributed by atoms with van der Waals surface area (Å²) >= 11 is 1.62. The van der Waals surface area contributed by atoms with E-state index in [9.17, 15) is 9.90 Å². The highest BCUT2D eigenvalue weighted by Crippen LogP contribution is 2.32. The molecule has 3 N–H and O–H groups in total. The fourth-order valence-corrected chi connectivity index (χ4v) is 4.42. The SMILES string of the molecule is Cc1ccccc1[C@H](CCC(=O)O)Oc1cc(OCc2ccsc2)ccc1C=NOCc1ccccc1.O. The smallest absolute Gasteiger partial charge is 0.303 e. The minimum absolute atomic E-state index is 0. The molecule has 4 aromatic rings. The number of hydrogen-bond donors (Lipinski definition) is 1. The molecule has 0 bridgehead atoms. The van der Waals surface area contributed by atoms with E-state index in [0.29, 0.717) is 36.7 Å². The van der Waals surface area contributed by atoms with Crippen LogP contribution in [0.4, 0.5) is 0 Å². The second kappa shape index (κ2) is 14.6. The maximum atomic E-state index is 11.4. The zero-order valence-electron chi connectivity index (χ0n) is 21.1. The Bertz CT molecular complexity index is 1310. The van der Waals surface area contributed by atoms with Crippen molar-refractivity contribution in [1.82, 2.24) is 0 Å². The lowest BCUT2D eigenvalue weighted by molar-refractivity contribution is -0.137. The molecule has 3 aromatic carbocycles. The molecular weight excluding hydrogens is 502 g/mol. The lowest BCUT2D eigenvalue weighted by Gasteiger charge is -2.22. The van der Waals surface area contributed by atoms with Gasteiger partial charge in [-0.15, -0.1) is 0 Å². The van der Waals surface area contributed by atoms with Gasteiger partial charge < -0.3 is 24.9 Å². The number of carbonyl (C=O) groups is 1. The van der Waals surface area contributed by atoms with Crippen molar-refractivity contribution in [3.8, 4) is 11.5 Å². The molecular formula is C30H31NO6S. The van der Waals surface area contributed by atoms with Crippen molar-refractivity contribution in [2.75, 3.05) is 0 Å². The van der Waals surface area contributed by atoms with Crippen molar-refractivity contribution in [2.24, 2.45) is 5.16 Å². The van der Waals surface area contributed by atoms with E-state index in [2.05, 4.69) is 5.16 Å². The molecule has 198 valence electrons. The van der Waals surface area contributed by atoms with E-state index in [-0.39, 0.29) is 11.9 Å². The molecule has 0 spiro atoms. The highest BCUT2D eigenvalue weighted by atomic mass is 32.1. The van der Waals surface area contributed by atoms with Crippen molar-refractivity contribution in [2.45, 2.75) is 39.1 Å². The molecule has 1 aromatic heterocycles. The molecule has 0 fully saturated rings. The summed E-state index contributed by atoms with van der Waals surface area (Å²) < 4.78 is 12.5. The largest absolute Gasteiger partial charge is 0.489 e. The zero-order valence-corrected chi connectivity index (χ0v) is 21.9. The van der Waals surface area contributed by atoms with Gasteiger partial charge in [-0.2, -0.15) is 11.3 Å². The average Bonchev–Trinajstić information content (AvgIpc) is 3.43. The highest BCUT2D eigenvalue weighted by Gasteiger charge is 2.19. The molecule has 38 heavy (non-hydrogen) atoms. The predicted octanol–water partition coefficient (Wildman–Crippen LogP) is 6.35. The third kappa shape index (κ3) is 8.47. The number of hydrogen-bond acceptors (Lipinski definition) is 6. The van der Waals surface area contributed by atoms with Crippen LogP contribution in [0, 0.1) is 6.92 Å². The van der Waals surface area contributed by atoms with Gasteiger partial charge >= 0.3 is 5.97 Å². The number of rotatable bonds is 13. The Kier molecular flexibility index (Phi) is 10.9. The molecule has 1 heterocycles. The molecule has 0 saturated carbocycles. The first kappa shape index (κ1) is 28.4. The van der Waals surface area contributed by atoms with Crippen molar-refractivity contribution >= 4 is 23.5 Å². The Hall–Kier alpha value is -4.14. The third-order valence-corrected chi connectivity index (χ3v) is 6.47. The van der Waals surface area contributed by atoms with E-state index >= 15 is 0 Å². The van der Waals surface area contributed by atoms with Crippen molar-refractivity contribution in [1.29, 1.82) is 0 Å². The summed E-state index contributed by atoms with van der Waals surface area (Å²) in [6.07, 6.45) is 1.45. The van der Waals surface area contributed by atoms with E-state index in [4.69, 9.17) is 14.3 Å². The van der Waals surface area contributed by atoms with Gasteiger partial charge in [-0.1, -0.05) is 59.8 Å². The summed E-state index contributed by atoms with van der Waals surface area (Å²) in [5, 5.41) is 17.5. The number of oxime groups is 1. The van der Waals surface area contributed by atoms with Gasteiger partial charge in [-0.25, -0.2) is 0 Å². The zero-order chi connectivity index (χ0) is 25.9. The summed E-state index contributed by atoms with van der Waals surface area (Å²) in [6.45, 7) is 2.78. The van der Waals surface area contributed by atoms with Crippen LogP contribution in [0.5, 0.6) is 11.5 Å². The van der Waals surface area contributed by atoms with Crippen LogP contribution in [0.25, 0.3) is 0 Å². The molecule has 0 amide bonds. The van der Waals surface area contributed by atoms with Gasteiger partial charge in [-0.05, 0) is 64.6 Å². The highest BCUT2D eigenvalue weighted by molar-refractivity contribution is 7.07. The Morgan fingerprint density at radius 3 is 2.53 bits per heavy atom. The number of nitrogens with zero attached hydrogens (tertiary/aromatic N) is 1. The van der Waals surface area contributed by atoms with Gasteiger partial charge in [0, 0.05) is 18.1 Å². The summed E-state index contributed by atoms with van der Waals surface area (Å²) in [5.41, 5.74) is 4.78. The fourth-order valence-electron chi connectivity index (χ4n) is 3.77. The van der Waals surface area contributed by atoms with E-state index in [1.54, 1.807) is 17.6 Å². The van der Waals surface area contributed by atoms with Crippen LogP contribution in [0.15, 0.2) is 94.8 Å². The van der Waals surface area contributed by atoms with Crippen LogP contribution in [-0.4, -0.2) is 22.8 Å². The second-order valence-electron chi connectivity index (χ2n) is 8.51. The van der Waals surface area contributed by atoms with Gasteiger partial charge in [0.05, 0.1) is 6.21 Å². The van der Waals surface area contributed by atoms with Gasteiger partial charge in [0.1, 0.15) is 30.8 Å². The standard InChI is InChI=1S/C30H29NO5S.H2O/c1-22-7-5-6-10-27(22)28(13-14-30(32)33)36-29-17-26(34-19-24-15-16-37-21-24)12-11-25(29)18-31-35-20-23-8-3-2-4-9-23;/h2-12,15-18,21,28H,13-14,19-20H2,1H3,(H,32,33);1H2/t28-;/m0./s1. The summed E-state index contributed by atoms with van der Waals surface area (Å²) in [4.78, 5) is 16.9. The maximum Gasteiger partial charge on any atom is 0.303 e. The molecule has 0 aliphatic heterocycles. The van der Waals surface area contributed by atoms with E-state index in [1.165, 1.54) is 0 Å². The van der Waals surface area contributed by atoms with E-state index in [1.807, 2.05) is 96.5 Å². The van der Waals surface area contributed by atoms with Crippen molar-refractivity contribution < 1.29 is 29.7 Å². The lowest BCUT2D eigenvalue weighted by atomic mass is 9.99. The van der Waals surface area contributed by atoms with Crippen molar-refractivity contribution in [3.05, 3.63) is 117 Å². The molecule has 4 rings (SSSR count). The Morgan fingerprint density at radius 1 is 1.00 bits per heavy atom. The Morgan fingerprint density at radius 2 is 1.79 bits per heavy atom. The van der Waals surface area contributed by atoms with Crippen LogP contribution in [0.2, 0.25) is 0 Å². The first-order valence-electron chi connectivity index (χ1n) is 12.0. The third-order valence-electron chi connectivity index (χ3n) is 5.74. The molecule has 0 aliphatic rings. The molecule has 0 radical (unpaired) electrons. The van der Waals surface area contributed by atoms with Crippen LogP contribution in [0.1, 0.15) is 46.8 Å². The average molecular weight is 534 g/mol. The molecule has 0 unspecified atom stereocenters. The van der Waals surface area contributed by atoms with Gasteiger partial charge in [0.25, 0.3) is 0 Å². The van der Waals surface area contributed by atoms with Gasteiger partial charge in [0.15, 0.2) is 0 Å². The summed E-state index contributed by atoms with van der Waals surface area (Å²) in [7, 11) is 0. The first-order valence-corrected chi connectivity index (χ1v) is 12.9. The Labute approximate surface area is 226 Å². The fraction of sp³-hybridized carbons (Fsp3) is 0.200. The molecule has 0 aliphatic carbocycles. The molecule has 7 nitrogen and oxygen atoms in total. The van der Waals surface area contributed by atoms with Crippen LogP contribution in [0.3, 0.4) is 0 Å². The number of benzene rings is 3. The maximum absolute atomic E-state index is 11.4. The van der Waals surface area contributed by atoms with Gasteiger partial charge in [0.2, 0.25) is 0 Å². The predicted molar refractivity (Wildman–Crippen MR) is 149 cm³/mol. The van der Waals surface area contributed by atoms with E-state index in [0.717, 1.165) is 22.3 Å². The Balaban J connectivity index is 0.00000400. The summed E-state index contributed by atoms with van der Waals surface area (Å²) in [5.74, 6) is 0.310.